The molecule has 1 aromatic carbocycles. The smallest absolute Gasteiger partial charge is 0.248 e. The van der Waals surface area contributed by atoms with E-state index in [0.717, 1.165) is 17.1 Å². The molecule has 0 aliphatic rings. The van der Waals surface area contributed by atoms with Crippen molar-refractivity contribution in [1.82, 2.24) is 15.0 Å². The number of hydrogen-bond acceptors (Lipinski definition) is 7. The van der Waals surface area contributed by atoms with Crippen LogP contribution in [0.1, 0.15) is 17.1 Å². The molecule has 8 heteroatoms. The standard InChI is InChI=1S/C24H22N6O2/c1-16-11-12-25-21(14-16)30-23-15-22(26-17(2)27-23)28-18-5-7-19(8-6-18)29-24(31)10-9-20-4-3-13-32-20/h3-15H,1-2H3,(H,29,31)(H2,25,26,27,28,30)/b10-9+. The average Bonchev–Trinajstić information content (AvgIpc) is 3.27. The maximum atomic E-state index is 12.0. The van der Waals surface area contributed by atoms with Crippen LogP contribution in [-0.2, 0) is 4.79 Å². The van der Waals surface area contributed by atoms with Crippen molar-refractivity contribution in [1.29, 1.82) is 0 Å². The number of carbonyl (C=O) groups excluding carboxylic acids is 1. The predicted octanol–water partition coefficient (Wildman–Crippen LogP) is 5.22. The molecular formula is C24H22N6O2. The third-order valence-corrected chi connectivity index (χ3v) is 4.38. The number of aryl methyl sites for hydroxylation is 2. The van der Waals surface area contributed by atoms with Crippen LogP contribution in [0, 0.1) is 13.8 Å². The number of amides is 1. The molecule has 32 heavy (non-hydrogen) atoms. The molecule has 4 aromatic rings. The lowest BCUT2D eigenvalue weighted by Crippen LogP contribution is -2.07. The minimum absolute atomic E-state index is 0.242. The molecule has 0 aliphatic carbocycles. The fourth-order valence-electron chi connectivity index (χ4n) is 2.94. The zero-order valence-electron chi connectivity index (χ0n) is 17.7. The molecular weight excluding hydrogens is 404 g/mol. The topological polar surface area (TPSA) is 105 Å². The van der Waals surface area contributed by atoms with E-state index in [1.165, 1.54) is 6.08 Å². The molecule has 0 radical (unpaired) electrons. The van der Waals surface area contributed by atoms with Gasteiger partial charge >= 0.3 is 0 Å². The Balaban J connectivity index is 1.39. The normalized spacial score (nSPS) is 10.8. The average molecular weight is 426 g/mol. The zero-order valence-corrected chi connectivity index (χ0v) is 17.7. The number of nitrogens with zero attached hydrogens (tertiary/aromatic N) is 3. The highest BCUT2D eigenvalue weighted by molar-refractivity contribution is 6.01. The summed E-state index contributed by atoms with van der Waals surface area (Å²) in [5, 5.41) is 9.27. The number of carbonyl (C=O) groups is 1. The molecule has 0 aliphatic heterocycles. The molecule has 0 bridgehead atoms. The third kappa shape index (κ3) is 5.79. The molecule has 160 valence electrons. The van der Waals surface area contributed by atoms with Crippen molar-refractivity contribution in [2.45, 2.75) is 13.8 Å². The summed E-state index contributed by atoms with van der Waals surface area (Å²) in [7, 11) is 0. The van der Waals surface area contributed by atoms with Gasteiger partial charge in [-0.05, 0) is 74.0 Å². The van der Waals surface area contributed by atoms with Gasteiger partial charge in [-0.3, -0.25) is 4.79 Å². The minimum atomic E-state index is -0.242. The van der Waals surface area contributed by atoms with Crippen molar-refractivity contribution in [3.63, 3.8) is 0 Å². The van der Waals surface area contributed by atoms with Gasteiger partial charge in [0.05, 0.1) is 6.26 Å². The van der Waals surface area contributed by atoms with Crippen LogP contribution in [0.3, 0.4) is 0 Å². The van der Waals surface area contributed by atoms with Crippen LogP contribution >= 0.6 is 0 Å². The second-order valence-corrected chi connectivity index (χ2v) is 7.07. The first-order chi connectivity index (χ1) is 15.5. The van der Waals surface area contributed by atoms with Gasteiger partial charge in [-0.15, -0.1) is 0 Å². The molecule has 0 saturated carbocycles. The highest BCUT2D eigenvalue weighted by atomic mass is 16.3. The third-order valence-electron chi connectivity index (χ3n) is 4.38. The quantitative estimate of drug-likeness (QED) is 0.348. The second kappa shape index (κ2) is 9.57. The van der Waals surface area contributed by atoms with Gasteiger partial charge in [0.25, 0.3) is 0 Å². The van der Waals surface area contributed by atoms with Gasteiger partial charge in [0, 0.05) is 29.7 Å². The summed E-state index contributed by atoms with van der Waals surface area (Å²) in [6, 6.07) is 16.6. The van der Waals surface area contributed by atoms with E-state index < -0.39 is 0 Å². The monoisotopic (exact) mass is 426 g/mol. The van der Waals surface area contributed by atoms with Crippen molar-refractivity contribution in [2.24, 2.45) is 0 Å². The lowest BCUT2D eigenvalue weighted by molar-refractivity contribution is -0.111. The van der Waals surface area contributed by atoms with E-state index in [2.05, 4.69) is 30.9 Å². The second-order valence-electron chi connectivity index (χ2n) is 7.07. The summed E-state index contributed by atoms with van der Waals surface area (Å²) in [5.74, 6) is 3.00. The van der Waals surface area contributed by atoms with Crippen molar-refractivity contribution in [3.8, 4) is 0 Å². The lowest BCUT2D eigenvalue weighted by atomic mass is 10.2. The first-order valence-electron chi connectivity index (χ1n) is 9.98. The maximum absolute atomic E-state index is 12.0. The molecule has 4 rings (SSSR count). The highest BCUT2D eigenvalue weighted by Gasteiger charge is 2.05. The fraction of sp³-hybridized carbons (Fsp3) is 0.0833. The van der Waals surface area contributed by atoms with Crippen LogP contribution in [0.15, 0.2) is 77.6 Å². The summed E-state index contributed by atoms with van der Waals surface area (Å²) in [4.78, 5) is 25.2. The molecule has 0 saturated heterocycles. The molecule has 8 nitrogen and oxygen atoms in total. The SMILES string of the molecule is Cc1ccnc(Nc2cc(Nc3ccc(NC(=O)/C=C/c4ccco4)cc3)nc(C)n2)c1. The number of pyridine rings is 1. The molecule has 0 spiro atoms. The summed E-state index contributed by atoms with van der Waals surface area (Å²) in [5.41, 5.74) is 2.61. The Bertz CT molecular complexity index is 1230. The van der Waals surface area contributed by atoms with Crippen LogP contribution in [-0.4, -0.2) is 20.9 Å². The van der Waals surface area contributed by atoms with Gasteiger partial charge in [-0.2, -0.15) is 0 Å². The number of anilines is 5. The summed E-state index contributed by atoms with van der Waals surface area (Å²) < 4.78 is 5.17. The number of hydrogen-bond donors (Lipinski definition) is 3. The Labute approximate surface area is 185 Å². The number of furan rings is 1. The van der Waals surface area contributed by atoms with Gasteiger partial charge < -0.3 is 20.4 Å². The Kier molecular flexibility index (Phi) is 6.22. The first-order valence-corrected chi connectivity index (χ1v) is 9.98. The van der Waals surface area contributed by atoms with E-state index in [1.54, 1.807) is 30.7 Å². The van der Waals surface area contributed by atoms with Gasteiger partial charge in [0.15, 0.2) is 0 Å². The molecule has 3 N–H and O–H groups in total. The highest BCUT2D eigenvalue weighted by Crippen LogP contribution is 2.21. The van der Waals surface area contributed by atoms with Crippen molar-refractivity contribution in [2.75, 3.05) is 16.0 Å². The summed E-state index contributed by atoms with van der Waals surface area (Å²) in [6.07, 6.45) is 6.34. The Morgan fingerprint density at radius 1 is 0.906 bits per heavy atom. The van der Waals surface area contributed by atoms with E-state index in [1.807, 2.05) is 56.3 Å². The number of nitrogens with one attached hydrogen (secondary N) is 3. The van der Waals surface area contributed by atoms with E-state index >= 15 is 0 Å². The van der Waals surface area contributed by atoms with Crippen LogP contribution in [0.2, 0.25) is 0 Å². The maximum Gasteiger partial charge on any atom is 0.248 e. The van der Waals surface area contributed by atoms with Crippen molar-refractivity contribution < 1.29 is 9.21 Å². The lowest BCUT2D eigenvalue weighted by Gasteiger charge is -2.11. The predicted molar refractivity (Wildman–Crippen MR) is 125 cm³/mol. The Morgan fingerprint density at radius 3 is 2.38 bits per heavy atom. The van der Waals surface area contributed by atoms with E-state index in [4.69, 9.17) is 4.42 Å². The minimum Gasteiger partial charge on any atom is -0.465 e. The zero-order chi connectivity index (χ0) is 22.3. The van der Waals surface area contributed by atoms with E-state index in [-0.39, 0.29) is 5.91 Å². The van der Waals surface area contributed by atoms with Gasteiger partial charge in [-0.1, -0.05) is 0 Å². The van der Waals surface area contributed by atoms with Crippen LogP contribution in [0.25, 0.3) is 6.08 Å². The number of rotatable bonds is 7. The molecule has 3 heterocycles. The summed E-state index contributed by atoms with van der Waals surface area (Å²) in [6.45, 7) is 3.83. The van der Waals surface area contributed by atoms with Crippen LogP contribution in [0.5, 0.6) is 0 Å². The van der Waals surface area contributed by atoms with Gasteiger partial charge in [0.1, 0.15) is 29.0 Å². The van der Waals surface area contributed by atoms with E-state index in [9.17, 15) is 4.79 Å². The van der Waals surface area contributed by atoms with Crippen molar-refractivity contribution in [3.05, 3.63) is 90.3 Å². The largest absolute Gasteiger partial charge is 0.465 e. The fourth-order valence-corrected chi connectivity index (χ4v) is 2.94. The Morgan fingerprint density at radius 2 is 1.66 bits per heavy atom. The molecule has 0 fully saturated rings. The summed E-state index contributed by atoms with van der Waals surface area (Å²) >= 11 is 0. The van der Waals surface area contributed by atoms with Crippen molar-refractivity contribution >= 4 is 40.8 Å². The van der Waals surface area contributed by atoms with Crippen LogP contribution < -0.4 is 16.0 Å². The molecule has 0 atom stereocenters. The number of aromatic nitrogens is 3. The van der Waals surface area contributed by atoms with E-state index in [0.29, 0.717) is 28.9 Å². The first kappa shape index (κ1) is 20.8. The van der Waals surface area contributed by atoms with Gasteiger partial charge in [0.2, 0.25) is 5.91 Å². The molecule has 3 aromatic heterocycles. The van der Waals surface area contributed by atoms with Gasteiger partial charge in [-0.25, -0.2) is 15.0 Å². The Hall–Kier alpha value is -4.46. The van der Waals surface area contributed by atoms with Crippen LogP contribution in [0.4, 0.5) is 28.8 Å². The molecule has 1 amide bonds. The number of benzene rings is 1. The molecule has 0 unspecified atom stereocenters.